The summed E-state index contributed by atoms with van der Waals surface area (Å²) in [5.41, 5.74) is 6.91. The first-order valence-electron chi connectivity index (χ1n) is 3.50. The van der Waals surface area contributed by atoms with Crippen molar-refractivity contribution in [2.45, 2.75) is 13.2 Å². The second-order valence-corrected chi connectivity index (χ2v) is 2.56. The van der Waals surface area contributed by atoms with Crippen LogP contribution in [0.5, 0.6) is 0 Å². The number of rotatable bonds is 1. The van der Waals surface area contributed by atoms with E-state index < -0.39 is 5.91 Å². The van der Waals surface area contributed by atoms with Crippen molar-refractivity contribution in [3.05, 3.63) is 23.0 Å². The monoisotopic (exact) mass is 165 g/mol. The maximum Gasteiger partial charge on any atom is 0.269 e. The highest BCUT2D eigenvalue weighted by molar-refractivity contribution is 5.90. The number of carbonyl (C=O) groups is 1. The first-order chi connectivity index (χ1) is 5.77. The summed E-state index contributed by atoms with van der Waals surface area (Å²) >= 11 is 0. The molecule has 2 rings (SSSR count). The topological polar surface area (TPSA) is 78.1 Å². The zero-order valence-electron chi connectivity index (χ0n) is 6.28. The van der Waals surface area contributed by atoms with Gasteiger partial charge in [0.25, 0.3) is 5.91 Å². The number of hydrogen-bond acceptors (Lipinski definition) is 4. The molecule has 0 radical (unpaired) electrons. The highest BCUT2D eigenvalue weighted by Crippen LogP contribution is 2.16. The van der Waals surface area contributed by atoms with Gasteiger partial charge in [-0.1, -0.05) is 0 Å². The summed E-state index contributed by atoms with van der Waals surface area (Å²) in [6.07, 6.45) is 0. The van der Waals surface area contributed by atoms with Crippen LogP contribution < -0.4 is 5.73 Å². The summed E-state index contributed by atoms with van der Waals surface area (Å²) in [6.45, 7) is 0.965. The number of primary amides is 1. The average Bonchev–Trinajstić information content (AvgIpc) is 2.49. The van der Waals surface area contributed by atoms with E-state index in [1.807, 2.05) is 0 Å². The molecule has 0 atom stereocenters. The standard InChI is InChI=1S/C7H7N3O2/c8-7(11)5-1-4-2-12-3-6(4)10-9-5/h1H,2-3H2,(H2,8,11). The maximum atomic E-state index is 10.7. The fraction of sp³-hybridized carbons (Fsp3) is 0.286. The maximum absolute atomic E-state index is 10.7. The van der Waals surface area contributed by atoms with Crippen molar-refractivity contribution in [2.24, 2.45) is 5.73 Å². The minimum atomic E-state index is -0.558. The van der Waals surface area contributed by atoms with E-state index in [-0.39, 0.29) is 5.69 Å². The van der Waals surface area contributed by atoms with Gasteiger partial charge in [0.1, 0.15) is 0 Å². The predicted molar refractivity (Wildman–Crippen MR) is 39.0 cm³/mol. The van der Waals surface area contributed by atoms with Crippen LogP contribution in [0.4, 0.5) is 0 Å². The van der Waals surface area contributed by atoms with Gasteiger partial charge in [-0.05, 0) is 6.07 Å². The molecule has 0 saturated heterocycles. The molecule has 62 valence electrons. The van der Waals surface area contributed by atoms with Crippen molar-refractivity contribution >= 4 is 5.91 Å². The molecular formula is C7H7N3O2. The summed E-state index contributed by atoms with van der Waals surface area (Å²) in [5, 5.41) is 7.45. The Kier molecular flexibility index (Phi) is 1.51. The number of ether oxygens (including phenoxy) is 1. The van der Waals surface area contributed by atoms with Gasteiger partial charge in [-0.2, -0.15) is 5.10 Å². The molecule has 1 aromatic rings. The first-order valence-corrected chi connectivity index (χ1v) is 3.50. The Bertz CT molecular complexity index is 337. The van der Waals surface area contributed by atoms with Gasteiger partial charge in [0.2, 0.25) is 0 Å². The van der Waals surface area contributed by atoms with E-state index in [4.69, 9.17) is 10.5 Å². The third-order valence-electron chi connectivity index (χ3n) is 1.71. The van der Waals surface area contributed by atoms with Gasteiger partial charge < -0.3 is 10.5 Å². The van der Waals surface area contributed by atoms with Crippen molar-refractivity contribution in [2.75, 3.05) is 0 Å². The van der Waals surface area contributed by atoms with Crippen LogP contribution in [-0.2, 0) is 18.0 Å². The van der Waals surface area contributed by atoms with Crippen molar-refractivity contribution in [3.8, 4) is 0 Å². The van der Waals surface area contributed by atoms with Crippen LogP contribution in [0.15, 0.2) is 6.07 Å². The van der Waals surface area contributed by atoms with Crippen LogP contribution in [-0.4, -0.2) is 16.1 Å². The fourth-order valence-electron chi connectivity index (χ4n) is 1.08. The molecule has 0 aliphatic carbocycles. The molecule has 1 aliphatic rings. The molecule has 0 fully saturated rings. The molecule has 0 aromatic carbocycles. The molecule has 5 nitrogen and oxygen atoms in total. The molecule has 2 N–H and O–H groups in total. The second-order valence-electron chi connectivity index (χ2n) is 2.56. The van der Waals surface area contributed by atoms with E-state index in [1.54, 1.807) is 6.07 Å². The Hall–Kier alpha value is -1.49. The second kappa shape index (κ2) is 2.53. The molecule has 5 heteroatoms. The summed E-state index contributed by atoms with van der Waals surface area (Å²) in [4.78, 5) is 10.7. The molecule has 12 heavy (non-hydrogen) atoms. The van der Waals surface area contributed by atoms with Crippen molar-refractivity contribution in [3.63, 3.8) is 0 Å². The Labute approximate surface area is 68.5 Å². The minimum Gasteiger partial charge on any atom is -0.370 e. The highest BCUT2D eigenvalue weighted by atomic mass is 16.5. The SMILES string of the molecule is NC(=O)c1cc2c(nn1)COC2. The Morgan fingerprint density at radius 3 is 3.08 bits per heavy atom. The lowest BCUT2D eigenvalue weighted by molar-refractivity contribution is 0.0994. The van der Waals surface area contributed by atoms with E-state index in [0.29, 0.717) is 13.2 Å². The Morgan fingerprint density at radius 1 is 1.50 bits per heavy atom. The summed E-state index contributed by atoms with van der Waals surface area (Å²) in [6, 6.07) is 1.62. The zero-order valence-corrected chi connectivity index (χ0v) is 6.28. The van der Waals surface area contributed by atoms with Gasteiger partial charge in [0.05, 0.1) is 18.9 Å². The number of carbonyl (C=O) groups excluding carboxylic acids is 1. The zero-order chi connectivity index (χ0) is 8.55. The number of aromatic nitrogens is 2. The van der Waals surface area contributed by atoms with E-state index >= 15 is 0 Å². The summed E-state index contributed by atoms with van der Waals surface area (Å²) in [7, 11) is 0. The lowest BCUT2D eigenvalue weighted by Gasteiger charge is -1.95. The third-order valence-corrected chi connectivity index (χ3v) is 1.71. The molecule has 1 amide bonds. The lowest BCUT2D eigenvalue weighted by atomic mass is 10.2. The predicted octanol–water partition coefficient (Wildman–Crippen LogP) is -0.394. The largest absolute Gasteiger partial charge is 0.370 e. The fourth-order valence-corrected chi connectivity index (χ4v) is 1.08. The van der Waals surface area contributed by atoms with E-state index in [1.165, 1.54) is 0 Å². The van der Waals surface area contributed by atoms with Gasteiger partial charge in [-0.15, -0.1) is 5.10 Å². The van der Waals surface area contributed by atoms with E-state index in [2.05, 4.69) is 10.2 Å². The first kappa shape index (κ1) is 7.17. The molecule has 0 saturated carbocycles. The average molecular weight is 165 g/mol. The summed E-state index contributed by atoms with van der Waals surface area (Å²) in [5.74, 6) is -0.558. The van der Waals surface area contributed by atoms with Gasteiger partial charge in [-0.25, -0.2) is 0 Å². The quantitative estimate of drug-likeness (QED) is 0.614. The minimum absolute atomic E-state index is 0.194. The van der Waals surface area contributed by atoms with Crippen LogP contribution in [0.25, 0.3) is 0 Å². The molecule has 1 aliphatic heterocycles. The van der Waals surface area contributed by atoms with E-state index in [9.17, 15) is 4.79 Å². The van der Waals surface area contributed by atoms with Crippen molar-refractivity contribution in [1.29, 1.82) is 0 Å². The highest BCUT2D eigenvalue weighted by Gasteiger charge is 2.15. The van der Waals surface area contributed by atoms with Gasteiger partial charge in [0.15, 0.2) is 5.69 Å². The van der Waals surface area contributed by atoms with Gasteiger partial charge in [0, 0.05) is 5.56 Å². The lowest BCUT2D eigenvalue weighted by Crippen LogP contribution is -2.14. The van der Waals surface area contributed by atoms with Crippen LogP contribution in [0.1, 0.15) is 21.7 Å². The summed E-state index contributed by atoms with van der Waals surface area (Å²) < 4.78 is 5.10. The van der Waals surface area contributed by atoms with Crippen LogP contribution in [0.2, 0.25) is 0 Å². The molecule has 0 unspecified atom stereocenters. The number of nitrogens with zero attached hydrogens (tertiary/aromatic N) is 2. The van der Waals surface area contributed by atoms with Crippen molar-refractivity contribution < 1.29 is 9.53 Å². The van der Waals surface area contributed by atoms with Crippen LogP contribution >= 0.6 is 0 Å². The molecule has 2 heterocycles. The number of amides is 1. The Morgan fingerprint density at radius 2 is 2.33 bits per heavy atom. The normalized spacial score (nSPS) is 14.3. The molecule has 0 spiro atoms. The molecule has 1 aromatic heterocycles. The van der Waals surface area contributed by atoms with E-state index in [0.717, 1.165) is 11.3 Å². The smallest absolute Gasteiger partial charge is 0.269 e. The third kappa shape index (κ3) is 1.04. The molecule has 0 bridgehead atoms. The molecular weight excluding hydrogens is 158 g/mol. The number of fused-ring (bicyclic) bond motifs is 1. The van der Waals surface area contributed by atoms with Crippen molar-refractivity contribution in [1.82, 2.24) is 10.2 Å². The van der Waals surface area contributed by atoms with Crippen LogP contribution in [0.3, 0.4) is 0 Å². The number of nitrogens with two attached hydrogens (primary N) is 1. The van der Waals surface area contributed by atoms with Crippen LogP contribution in [0, 0.1) is 0 Å². The number of hydrogen-bond donors (Lipinski definition) is 1. The van der Waals surface area contributed by atoms with Gasteiger partial charge in [-0.3, -0.25) is 4.79 Å². The Balaban J connectivity index is 2.45. The van der Waals surface area contributed by atoms with Gasteiger partial charge >= 0.3 is 0 Å².